The summed E-state index contributed by atoms with van der Waals surface area (Å²) in [4.78, 5) is 5.36. The zero-order chi connectivity index (χ0) is 15.2. The van der Waals surface area contributed by atoms with Crippen LogP contribution >= 0.6 is 40.7 Å². The molecule has 3 rings (SSSR count). The van der Waals surface area contributed by atoms with Crippen LogP contribution in [0.1, 0.15) is 32.1 Å². The normalized spacial score (nSPS) is 21.3. The number of fused-ring (bicyclic) bond motifs is 1. The Kier molecular flexibility index (Phi) is 10.6. The summed E-state index contributed by atoms with van der Waals surface area (Å²) < 4.78 is 6.89. The van der Waals surface area contributed by atoms with E-state index < -0.39 is 0 Å². The molecule has 0 saturated carbocycles. The van der Waals surface area contributed by atoms with Crippen molar-refractivity contribution in [3.63, 3.8) is 0 Å². The van der Waals surface area contributed by atoms with E-state index >= 15 is 0 Å². The smallest absolute Gasteiger partial charge is 0.119 e. The van der Waals surface area contributed by atoms with E-state index in [0.717, 1.165) is 29.3 Å². The van der Waals surface area contributed by atoms with Crippen LogP contribution in [-0.4, -0.2) is 55.2 Å². The Morgan fingerprint density at radius 3 is 2.58 bits per heavy atom. The van der Waals surface area contributed by atoms with Crippen molar-refractivity contribution in [2.45, 2.75) is 38.1 Å². The van der Waals surface area contributed by atoms with Crippen molar-refractivity contribution in [1.29, 1.82) is 0 Å². The second-order valence-electron chi connectivity index (χ2n) is 6.50. The Bertz CT molecular complexity index is 461. The van der Waals surface area contributed by atoms with Gasteiger partial charge in [0, 0.05) is 30.1 Å². The molecule has 1 aromatic carbocycles. The Labute approximate surface area is 167 Å². The summed E-state index contributed by atoms with van der Waals surface area (Å²) in [7, 11) is 0. The number of hydrogen-bond donors (Lipinski definition) is 0. The van der Waals surface area contributed by atoms with Crippen molar-refractivity contribution in [1.82, 2.24) is 9.80 Å². The molecular formula is C18H29BrCl2N2O. The fourth-order valence-electron chi connectivity index (χ4n) is 3.58. The van der Waals surface area contributed by atoms with E-state index in [-0.39, 0.29) is 24.8 Å². The number of benzene rings is 1. The minimum Gasteiger partial charge on any atom is -0.494 e. The van der Waals surface area contributed by atoms with E-state index in [9.17, 15) is 0 Å². The lowest BCUT2D eigenvalue weighted by Gasteiger charge is -2.44. The van der Waals surface area contributed by atoms with Gasteiger partial charge in [0.15, 0.2) is 0 Å². The van der Waals surface area contributed by atoms with Crippen LogP contribution in [0.2, 0.25) is 0 Å². The fourth-order valence-corrected chi connectivity index (χ4v) is 3.85. The maximum Gasteiger partial charge on any atom is 0.119 e. The van der Waals surface area contributed by atoms with Gasteiger partial charge in [-0.1, -0.05) is 22.4 Å². The number of nitrogens with zero attached hydrogens (tertiary/aromatic N) is 2. The molecule has 24 heavy (non-hydrogen) atoms. The molecule has 2 heterocycles. The second kappa shape index (κ2) is 11.6. The van der Waals surface area contributed by atoms with Gasteiger partial charge >= 0.3 is 0 Å². The van der Waals surface area contributed by atoms with Crippen molar-refractivity contribution >= 4 is 40.7 Å². The molecule has 0 N–H and O–H groups in total. The third kappa shape index (κ3) is 6.72. The quantitative estimate of drug-likeness (QED) is 0.601. The molecule has 0 aliphatic carbocycles. The summed E-state index contributed by atoms with van der Waals surface area (Å²) in [5.41, 5.74) is 0. The fraction of sp³-hybridized carbons (Fsp3) is 0.667. The zero-order valence-corrected chi connectivity index (χ0v) is 17.4. The van der Waals surface area contributed by atoms with Gasteiger partial charge in [-0.05, 0) is 63.0 Å². The third-order valence-electron chi connectivity index (χ3n) is 4.87. The van der Waals surface area contributed by atoms with Crippen molar-refractivity contribution in [2.24, 2.45) is 0 Å². The predicted octanol–water partition coefficient (Wildman–Crippen LogP) is 4.62. The summed E-state index contributed by atoms with van der Waals surface area (Å²) in [6.45, 7) is 7.20. The van der Waals surface area contributed by atoms with E-state index in [0.29, 0.717) is 0 Å². The summed E-state index contributed by atoms with van der Waals surface area (Å²) >= 11 is 3.44. The van der Waals surface area contributed by atoms with Crippen LogP contribution in [0.3, 0.4) is 0 Å². The number of piperidine rings is 1. The lowest BCUT2D eigenvalue weighted by atomic mass is 9.99. The summed E-state index contributed by atoms with van der Waals surface area (Å²) in [6, 6.07) is 8.93. The Morgan fingerprint density at radius 2 is 1.79 bits per heavy atom. The van der Waals surface area contributed by atoms with Gasteiger partial charge in [-0.15, -0.1) is 24.8 Å². The van der Waals surface area contributed by atoms with Gasteiger partial charge < -0.3 is 9.64 Å². The van der Waals surface area contributed by atoms with E-state index in [1.54, 1.807) is 0 Å². The molecule has 2 saturated heterocycles. The van der Waals surface area contributed by atoms with Crippen LogP contribution < -0.4 is 4.74 Å². The minimum atomic E-state index is 0. The predicted molar refractivity (Wildman–Crippen MR) is 109 cm³/mol. The molecule has 1 atom stereocenters. The SMILES string of the molecule is Brc1ccc(OCCCCN2CCN3CCCCC3C2)cc1.Cl.Cl. The van der Waals surface area contributed by atoms with Crippen LogP contribution in [0.15, 0.2) is 28.7 Å². The molecule has 1 unspecified atom stereocenters. The zero-order valence-electron chi connectivity index (χ0n) is 14.2. The molecule has 3 nitrogen and oxygen atoms in total. The van der Waals surface area contributed by atoms with E-state index in [4.69, 9.17) is 4.74 Å². The molecule has 2 fully saturated rings. The highest BCUT2D eigenvalue weighted by Crippen LogP contribution is 2.21. The van der Waals surface area contributed by atoms with Crippen LogP contribution in [0.25, 0.3) is 0 Å². The molecule has 6 heteroatoms. The maximum atomic E-state index is 5.79. The molecule has 0 amide bonds. The molecule has 0 radical (unpaired) electrons. The maximum absolute atomic E-state index is 5.79. The highest BCUT2D eigenvalue weighted by atomic mass is 79.9. The first kappa shape index (κ1) is 22.0. The molecule has 2 aliphatic heterocycles. The highest BCUT2D eigenvalue weighted by molar-refractivity contribution is 9.10. The van der Waals surface area contributed by atoms with Crippen LogP contribution in [-0.2, 0) is 0 Å². The van der Waals surface area contributed by atoms with Gasteiger partial charge in [0.25, 0.3) is 0 Å². The first-order valence-corrected chi connectivity index (χ1v) is 9.45. The van der Waals surface area contributed by atoms with Gasteiger partial charge in [-0.3, -0.25) is 4.90 Å². The molecule has 0 aromatic heterocycles. The molecule has 0 spiro atoms. The number of piperazine rings is 1. The van der Waals surface area contributed by atoms with Gasteiger partial charge in [-0.25, -0.2) is 0 Å². The van der Waals surface area contributed by atoms with Crippen LogP contribution in [0.5, 0.6) is 5.75 Å². The van der Waals surface area contributed by atoms with Gasteiger partial charge in [-0.2, -0.15) is 0 Å². The first-order chi connectivity index (χ1) is 10.8. The van der Waals surface area contributed by atoms with Gasteiger partial charge in [0.2, 0.25) is 0 Å². The topological polar surface area (TPSA) is 15.7 Å². The molecule has 138 valence electrons. The van der Waals surface area contributed by atoms with Crippen molar-refractivity contribution in [2.75, 3.05) is 39.3 Å². The lowest BCUT2D eigenvalue weighted by Crippen LogP contribution is -2.54. The van der Waals surface area contributed by atoms with E-state index in [1.165, 1.54) is 58.4 Å². The first-order valence-electron chi connectivity index (χ1n) is 8.66. The number of unbranched alkanes of at least 4 members (excludes halogenated alkanes) is 1. The number of halogens is 3. The Hall–Kier alpha value is -0.000000000000000111. The van der Waals surface area contributed by atoms with Gasteiger partial charge in [0.05, 0.1) is 6.61 Å². The highest BCUT2D eigenvalue weighted by Gasteiger charge is 2.28. The third-order valence-corrected chi connectivity index (χ3v) is 5.40. The van der Waals surface area contributed by atoms with Crippen molar-refractivity contribution in [3.05, 3.63) is 28.7 Å². The van der Waals surface area contributed by atoms with Gasteiger partial charge in [0.1, 0.15) is 5.75 Å². The van der Waals surface area contributed by atoms with E-state index in [1.807, 2.05) is 24.3 Å². The Balaban J connectivity index is 0.00000144. The van der Waals surface area contributed by atoms with Crippen LogP contribution in [0.4, 0.5) is 0 Å². The summed E-state index contributed by atoms with van der Waals surface area (Å²) in [6.07, 6.45) is 6.62. The molecule has 0 bridgehead atoms. The number of ether oxygens (including phenoxy) is 1. The molecule has 1 aromatic rings. The average Bonchev–Trinajstić information content (AvgIpc) is 2.56. The van der Waals surface area contributed by atoms with E-state index in [2.05, 4.69) is 25.7 Å². The van der Waals surface area contributed by atoms with Crippen molar-refractivity contribution in [3.8, 4) is 5.75 Å². The monoisotopic (exact) mass is 438 g/mol. The largest absolute Gasteiger partial charge is 0.494 e. The molecular weight excluding hydrogens is 411 g/mol. The molecule has 2 aliphatic rings. The lowest BCUT2D eigenvalue weighted by molar-refractivity contribution is 0.0482. The standard InChI is InChI=1S/C18H27BrN2O.2ClH/c19-16-6-8-18(9-7-16)22-14-4-3-10-20-12-13-21-11-2-1-5-17(21)15-20;;/h6-9,17H,1-5,10-15H2;2*1H. The summed E-state index contributed by atoms with van der Waals surface area (Å²) in [5.74, 6) is 0.971. The van der Waals surface area contributed by atoms with Crippen molar-refractivity contribution < 1.29 is 4.74 Å². The minimum absolute atomic E-state index is 0. The summed E-state index contributed by atoms with van der Waals surface area (Å²) in [5, 5.41) is 0. The number of rotatable bonds is 6. The second-order valence-corrected chi connectivity index (χ2v) is 7.41. The number of hydrogen-bond acceptors (Lipinski definition) is 3. The Morgan fingerprint density at radius 1 is 1.00 bits per heavy atom. The van der Waals surface area contributed by atoms with Crippen LogP contribution in [0, 0.1) is 0 Å². The average molecular weight is 440 g/mol.